The van der Waals surface area contributed by atoms with E-state index in [9.17, 15) is 9.90 Å². The van der Waals surface area contributed by atoms with Crippen molar-refractivity contribution in [1.29, 1.82) is 0 Å². The number of rotatable bonds is 10. The zero-order valence-corrected chi connectivity index (χ0v) is 16.6. The number of hydrogen-bond donors (Lipinski definition) is 1. The zero-order chi connectivity index (χ0) is 20.0. The molecule has 3 rings (SSSR count). The first-order valence-corrected chi connectivity index (χ1v) is 9.80. The summed E-state index contributed by atoms with van der Waals surface area (Å²) in [6.45, 7) is -0.196. The topological polar surface area (TPSA) is 90.4 Å². The quantitative estimate of drug-likeness (QED) is 0.475. The molecular formula is C20H30N2O6. The van der Waals surface area contributed by atoms with Crippen LogP contribution < -0.4 is 4.74 Å². The molecule has 1 amide bonds. The van der Waals surface area contributed by atoms with Crippen molar-refractivity contribution in [2.45, 2.75) is 56.3 Å². The Morgan fingerprint density at radius 2 is 2.04 bits per heavy atom. The molecule has 2 aliphatic rings. The molecule has 8 heteroatoms. The Bertz CT molecular complexity index is 651. The summed E-state index contributed by atoms with van der Waals surface area (Å²) in [5, 5.41) is 9.87. The number of likely N-dealkylation sites (tertiary alicyclic amines) is 1. The van der Waals surface area contributed by atoms with E-state index < -0.39 is 11.6 Å². The summed E-state index contributed by atoms with van der Waals surface area (Å²) in [5.41, 5.74) is -0.548. The van der Waals surface area contributed by atoms with Gasteiger partial charge in [-0.15, -0.1) is 0 Å². The Hall–Kier alpha value is -1.74. The minimum atomic E-state index is -1.22. The maximum atomic E-state index is 12.9. The van der Waals surface area contributed by atoms with Crippen LogP contribution in [0.15, 0.2) is 18.3 Å². The lowest BCUT2D eigenvalue weighted by atomic mass is 9.79. The molecule has 0 radical (unpaired) electrons. The molecule has 1 saturated carbocycles. The molecule has 1 aliphatic heterocycles. The molecule has 1 saturated heterocycles. The summed E-state index contributed by atoms with van der Waals surface area (Å²) < 4.78 is 22.0. The van der Waals surface area contributed by atoms with Gasteiger partial charge < -0.3 is 29.0 Å². The fourth-order valence-electron chi connectivity index (χ4n) is 4.08. The van der Waals surface area contributed by atoms with Gasteiger partial charge >= 0.3 is 0 Å². The first-order valence-electron chi connectivity index (χ1n) is 9.80. The smallest absolute Gasteiger partial charge is 0.259 e. The summed E-state index contributed by atoms with van der Waals surface area (Å²) in [6.07, 6.45) is 7.92. The first kappa shape index (κ1) is 21.0. The van der Waals surface area contributed by atoms with Crippen LogP contribution in [-0.2, 0) is 25.4 Å². The number of nitrogens with zero attached hydrogens (tertiary/aromatic N) is 2. The van der Waals surface area contributed by atoms with Crippen molar-refractivity contribution >= 4 is 5.91 Å². The molecule has 0 spiro atoms. The Morgan fingerprint density at radius 1 is 1.25 bits per heavy atom. The van der Waals surface area contributed by atoms with Crippen molar-refractivity contribution in [3.05, 3.63) is 24.0 Å². The molecule has 1 aromatic rings. The largest absolute Gasteiger partial charge is 0.490 e. The SMILES string of the molecule is COCO[C@@]1(Cc2cc(OC3CCCCC3)ccn2)C(=O)N(COC)[C@H]1CO. The maximum absolute atomic E-state index is 12.9. The number of hydrogen-bond acceptors (Lipinski definition) is 7. The minimum Gasteiger partial charge on any atom is -0.490 e. The van der Waals surface area contributed by atoms with E-state index in [0.717, 1.165) is 18.6 Å². The molecule has 156 valence electrons. The molecule has 2 atom stereocenters. The molecule has 0 aromatic carbocycles. The van der Waals surface area contributed by atoms with Crippen molar-refractivity contribution in [2.75, 3.05) is 34.4 Å². The van der Waals surface area contributed by atoms with Gasteiger partial charge in [0.25, 0.3) is 5.91 Å². The molecule has 1 aromatic heterocycles. The van der Waals surface area contributed by atoms with Crippen molar-refractivity contribution < 1.29 is 28.8 Å². The molecule has 1 aliphatic carbocycles. The Labute approximate surface area is 165 Å². The second-order valence-electron chi connectivity index (χ2n) is 7.37. The fourth-order valence-corrected chi connectivity index (χ4v) is 4.08. The highest BCUT2D eigenvalue weighted by Gasteiger charge is 2.62. The average Bonchev–Trinajstić information content (AvgIpc) is 2.72. The normalized spacial score (nSPS) is 25.6. The molecule has 1 N–H and O–H groups in total. The van der Waals surface area contributed by atoms with Crippen LogP contribution in [0.1, 0.15) is 37.8 Å². The third-order valence-corrected chi connectivity index (χ3v) is 5.50. The number of methoxy groups -OCH3 is 2. The number of aliphatic hydroxyl groups is 1. The van der Waals surface area contributed by atoms with Crippen LogP contribution in [0.5, 0.6) is 5.75 Å². The molecule has 0 unspecified atom stereocenters. The van der Waals surface area contributed by atoms with Crippen molar-refractivity contribution in [2.24, 2.45) is 0 Å². The van der Waals surface area contributed by atoms with Crippen molar-refractivity contribution in [3.63, 3.8) is 0 Å². The van der Waals surface area contributed by atoms with Crippen molar-refractivity contribution in [1.82, 2.24) is 9.88 Å². The number of carbonyl (C=O) groups excluding carboxylic acids is 1. The summed E-state index contributed by atoms with van der Waals surface area (Å²) >= 11 is 0. The van der Waals surface area contributed by atoms with E-state index in [-0.39, 0.29) is 38.6 Å². The van der Waals surface area contributed by atoms with E-state index in [4.69, 9.17) is 18.9 Å². The number of carbonyl (C=O) groups is 1. The summed E-state index contributed by atoms with van der Waals surface area (Å²) in [6, 6.07) is 3.16. The van der Waals surface area contributed by atoms with Gasteiger partial charge in [-0.05, 0) is 31.7 Å². The highest BCUT2D eigenvalue weighted by molar-refractivity contribution is 5.93. The van der Waals surface area contributed by atoms with Crippen LogP contribution in [-0.4, -0.2) is 73.0 Å². The second-order valence-corrected chi connectivity index (χ2v) is 7.37. The molecular weight excluding hydrogens is 364 g/mol. The maximum Gasteiger partial charge on any atom is 0.259 e. The van der Waals surface area contributed by atoms with E-state index in [0.29, 0.717) is 5.69 Å². The van der Waals surface area contributed by atoms with E-state index in [1.165, 1.54) is 38.4 Å². The highest BCUT2D eigenvalue weighted by atomic mass is 16.7. The van der Waals surface area contributed by atoms with Crippen LogP contribution >= 0.6 is 0 Å². The summed E-state index contributed by atoms with van der Waals surface area (Å²) in [4.78, 5) is 18.7. The van der Waals surface area contributed by atoms with Gasteiger partial charge in [-0.25, -0.2) is 0 Å². The standard InChI is InChI=1S/C20H30N2O6/c1-25-13-22-18(12-23)20(19(22)24,27-14-26-2)11-15-10-17(8-9-21-15)28-16-6-4-3-5-7-16/h8-10,16,18,23H,3-7,11-14H2,1-2H3/t18-,20+/m0/s1. The predicted molar refractivity (Wildman–Crippen MR) is 101 cm³/mol. The lowest BCUT2D eigenvalue weighted by molar-refractivity contribution is -0.237. The predicted octanol–water partition coefficient (Wildman–Crippen LogP) is 1.50. The number of pyridine rings is 1. The van der Waals surface area contributed by atoms with Crippen LogP contribution in [0.25, 0.3) is 0 Å². The van der Waals surface area contributed by atoms with E-state index in [2.05, 4.69) is 4.98 Å². The Morgan fingerprint density at radius 3 is 2.71 bits per heavy atom. The molecule has 0 bridgehead atoms. The average molecular weight is 394 g/mol. The number of aliphatic hydroxyl groups excluding tert-OH is 1. The fraction of sp³-hybridized carbons (Fsp3) is 0.700. The third-order valence-electron chi connectivity index (χ3n) is 5.50. The van der Waals surface area contributed by atoms with Gasteiger partial charge in [0.15, 0.2) is 5.60 Å². The summed E-state index contributed by atoms with van der Waals surface area (Å²) in [7, 11) is 3.00. The summed E-state index contributed by atoms with van der Waals surface area (Å²) in [5.74, 6) is 0.505. The van der Waals surface area contributed by atoms with Gasteiger partial charge in [-0.2, -0.15) is 0 Å². The van der Waals surface area contributed by atoms with Gasteiger partial charge in [-0.1, -0.05) is 6.42 Å². The number of aromatic nitrogens is 1. The second kappa shape index (κ2) is 9.65. The number of β-lactam (4-membered cyclic amide) rings is 1. The Kier molecular flexibility index (Phi) is 7.23. The van der Waals surface area contributed by atoms with Gasteiger partial charge in [0, 0.05) is 38.6 Å². The van der Waals surface area contributed by atoms with Crippen molar-refractivity contribution in [3.8, 4) is 5.75 Å². The van der Waals surface area contributed by atoms with Gasteiger partial charge in [0.05, 0.1) is 18.8 Å². The molecule has 2 fully saturated rings. The minimum absolute atomic E-state index is 0.0542. The lowest BCUT2D eigenvalue weighted by Crippen LogP contribution is -2.77. The molecule has 8 nitrogen and oxygen atoms in total. The van der Waals surface area contributed by atoms with Gasteiger partial charge in [-0.3, -0.25) is 9.78 Å². The number of ether oxygens (including phenoxy) is 4. The van der Waals surface area contributed by atoms with Crippen LogP contribution in [0.3, 0.4) is 0 Å². The third kappa shape index (κ3) is 4.30. The van der Waals surface area contributed by atoms with E-state index >= 15 is 0 Å². The monoisotopic (exact) mass is 394 g/mol. The van der Waals surface area contributed by atoms with Crippen LogP contribution in [0, 0.1) is 0 Å². The van der Waals surface area contributed by atoms with Gasteiger partial charge in [0.1, 0.15) is 19.3 Å². The lowest BCUT2D eigenvalue weighted by Gasteiger charge is -2.54. The zero-order valence-electron chi connectivity index (χ0n) is 16.6. The van der Waals surface area contributed by atoms with Gasteiger partial charge in [0.2, 0.25) is 0 Å². The van der Waals surface area contributed by atoms with E-state index in [1.807, 2.05) is 12.1 Å². The first-order chi connectivity index (χ1) is 13.6. The number of amides is 1. The van der Waals surface area contributed by atoms with Crippen LogP contribution in [0.2, 0.25) is 0 Å². The molecule has 2 heterocycles. The van der Waals surface area contributed by atoms with E-state index in [1.54, 1.807) is 6.20 Å². The van der Waals surface area contributed by atoms with Crippen LogP contribution in [0.4, 0.5) is 0 Å². The molecule has 28 heavy (non-hydrogen) atoms. The Balaban J connectivity index is 1.75. The highest BCUT2D eigenvalue weighted by Crippen LogP contribution is 2.37.